The molecule has 5 nitrogen and oxygen atoms in total. The van der Waals surface area contributed by atoms with E-state index in [1.54, 1.807) is 14.0 Å². The highest BCUT2D eigenvalue weighted by molar-refractivity contribution is 5.79. The van der Waals surface area contributed by atoms with Crippen molar-refractivity contribution in [3.8, 4) is 0 Å². The van der Waals surface area contributed by atoms with Crippen LogP contribution in [0.5, 0.6) is 0 Å². The summed E-state index contributed by atoms with van der Waals surface area (Å²) in [4.78, 5) is 12.3. The summed E-state index contributed by atoms with van der Waals surface area (Å²) in [5, 5.41) is 33.3. The van der Waals surface area contributed by atoms with E-state index >= 15 is 0 Å². The molecule has 4 saturated carbocycles. The molecule has 10 atom stereocenters. The summed E-state index contributed by atoms with van der Waals surface area (Å²) in [7, 11) is 1.65. The minimum absolute atomic E-state index is 0.00909. The number of methoxy groups -OCH3 is 1. The number of ketones is 1. The summed E-state index contributed by atoms with van der Waals surface area (Å²) in [6.07, 6.45) is 3.53. The van der Waals surface area contributed by atoms with Gasteiger partial charge in [0, 0.05) is 24.9 Å². The predicted octanol–water partition coefficient (Wildman–Crippen LogP) is 2.31. The van der Waals surface area contributed by atoms with Gasteiger partial charge in [-0.3, -0.25) is 4.79 Å². The van der Waals surface area contributed by atoms with Gasteiger partial charge in [-0.25, -0.2) is 0 Å². The van der Waals surface area contributed by atoms with Crippen molar-refractivity contribution in [1.29, 1.82) is 0 Å². The van der Waals surface area contributed by atoms with Crippen LogP contribution in [0.2, 0.25) is 0 Å². The molecular weight excluding hydrogens is 344 g/mol. The Bertz CT molecular complexity index is 622. The lowest BCUT2D eigenvalue weighted by molar-refractivity contribution is -0.286. The maximum atomic E-state index is 12.3. The van der Waals surface area contributed by atoms with Gasteiger partial charge in [-0.1, -0.05) is 13.8 Å². The summed E-state index contributed by atoms with van der Waals surface area (Å²) < 4.78 is 5.81. The number of aliphatic hydroxyl groups excluding tert-OH is 2. The Morgan fingerprint density at radius 3 is 2.44 bits per heavy atom. The monoisotopic (exact) mass is 380 g/mol. The van der Waals surface area contributed by atoms with Gasteiger partial charge in [0.2, 0.25) is 0 Å². The van der Waals surface area contributed by atoms with E-state index in [0.29, 0.717) is 38.0 Å². The van der Waals surface area contributed by atoms with Crippen molar-refractivity contribution in [2.75, 3.05) is 7.11 Å². The summed E-state index contributed by atoms with van der Waals surface area (Å²) >= 11 is 0. The molecule has 0 aromatic carbocycles. The number of rotatable bonds is 2. The van der Waals surface area contributed by atoms with Crippen LogP contribution in [-0.2, 0) is 9.53 Å². The van der Waals surface area contributed by atoms with Crippen molar-refractivity contribution in [3.05, 3.63) is 0 Å². The van der Waals surface area contributed by atoms with Crippen LogP contribution in [0.4, 0.5) is 0 Å². The first-order valence-corrected chi connectivity index (χ1v) is 10.7. The van der Waals surface area contributed by atoms with E-state index in [1.807, 2.05) is 0 Å². The molecule has 27 heavy (non-hydrogen) atoms. The average molecular weight is 381 g/mol. The molecule has 10 unspecified atom stereocenters. The second kappa shape index (κ2) is 6.25. The lowest BCUT2D eigenvalue weighted by Crippen LogP contribution is -2.71. The molecule has 4 aliphatic rings. The summed E-state index contributed by atoms with van der Waals surface area (Å²) in [6, 6.07) is 0. The fourth-order valence-electron chi connectivity index (χ4n) is 8.31. The number of ether oxygens (including phenoxy) is 1. The Kier molecular flexibility index (Phi) is 4.59. The molecule has 4 aliphatic carbocycles. The lowest BCUT2D eigenvalue weighted by Gasteiger charge is -2.66. The molecule has 5 heteroatoms. The van der Waals surface area contributed by atoms with Crippen molar-refractivity contribution < 1.29 is 24.9 Å². The minimum Gasteiger partial charge on any atom is -0.393 e. The van der Waals surface area contributed by atoms with E-state index in [9.17, 15) is 20.1 Å². The van der Waals surface area contributed by atoms with E-state index in [4.69, 9.17) is 4.74 Å². The summed E-state index contributed by atoms with van der Waals surface area (Å²) in [5.41, 5.74) is -1.76. The molecule has 0 aromatic rings. The second-order valence-corrected chi connectivity index (χ2v) is 10.5. The molecule has 0 aromatic heterocycles. The Morgan fingerprint density at radius 1 is 1.11 bits per heavy atom. The molecule has 0 spiro atoms. The fraction of sp³-hybridized carbons (Fsp3) is 0.955. The summed E-state index contributed by atoms with van der Waals surface area (Å²) in [5.74, 6) is 0.888. The van der Waals surface area contributed by atoms with Crippen LogP contribution in [-0.4, -0.2) is 52.1 Å². The van der Waals surface area contributed by atoms with Crippen LogP contribution >= 0.6 is 0 Å². The number of carbonyl (C=O) groups is 1. The van der Waals surface area contributed by atoms with E-state index in [-0.39, 0.29) is 35.1 Å². The highest BCUT2D eigenvalue weighted by Crippen LogP contribution is 2.68. The van der Waals surface area contributed by atoms with Crippen LogP contribution in [0, 0.1) is 34.5 Å². The maximum Gasteiger partial charge on any atom is 0.133 e. The van der Waals surface area contributed by atoms with Gasteiger partial charge < -0.3 is 20.1 Å². The first-order chi connectivity index (χ1) is 12.6. The van der Waals surface area contributed by atoms with Crippen molar-refractivity contribution in [2.45, 2.75) is 89.6 Å². The Balaban J connectivity index is 1.76. The number of aliphatic hydroxyl groups is 3. The van der Waals surface area contributed by atoms with Crippen LogP contribution in [0.1, 0.15) is 65.7 Å². The van der Waals surface area contributed by atoms with E-state index in [1.165, 1.54) is 0 Å². The number of Topliss-reactive ketones (excluding diaryl/α,β-unsaturated/α-hetero) is 1. The van der Waals surface area contributed by atoms with Crippen LogP contribution in [0.25, 0.3) is 0 Å². The second-order valence-electron chi connectivity index (χ2n) is 10.5. The lowest BCUT2D eigenvalue weighted by atomic mass is 9.41. The van der Waals surface area contributed by atoms with Gasteiger partial charge >= 0.3 is 0 Å². The van der Waals surface area contributed by atoms with Crippen LogP contribution in [0.15, 0.2) is 0 Å². The molecule has 0 amide bonds. The number of carbonyl (C=O) groups excluding carboxylic acids is 1. The van der Waals surface area contributed by atoms with Gasteiger partial charge in [0.1, 0.15) is 5.78 Å². The van der Waals surface area contributed by atoms with Gasteiger partial charge in [-0.15, -0.1) is 0 Å². The largest absolute Gasteiger partial charge is 0.393 e. The normalized spacial score (nSPS) is 57.5. The highest BCUT2D eigenvalue weighted by atomic mass is 16.5. The third-order valence-corrected chi connectivity index (χ3v) is 9.51. The molecule has 0 saturated heterocycles. The van der Waals surface area contributed by atoms with Gasteiger partial charge in [0.05, 0.1) is 23.9 Å². The highest BCUT2D eigenvalue weighted by Gasteiger charge is 2.70. The SMILES string of the molecule is COC1CC2C3CCC(C(C)=O)C3(C)CC(O)C2C2(C)CCC(O)CC12O. The van der Waals surface area contributed by atoms with Gasteiger partial charge in [-0.05, 0) is 68.6 Å². The molecule has 154 valence electrons. The first kappa shape index (κ1) is 19.8. The smallest absolute Gasteiger partial charge is 0.133 e. The standard InChI is InChI=1S/C22H36O5/c1-12(23)15-5-6-16-14-9-18(27-4)22(26)10-13(24)7-8-21(22,3)19(14)17(25)11-20(15,16)2/h13-19,24-26H,5-11H2,1-4H3. The average Bonchev–Trinajstić information content (AvgIpc) is 2.92. The zero-order valence-corrected chi connectivity index (χ0v) is 17.1. The number of hydrogen-bond donors (Lipinski definition) is 3. The quantitative estimate of drug-likeness (QED) is 0.684. The van der Waals surface area contributed by atoms with Gasteiger partial charge in [0.15, 0.2) is 0 Å². The number of hydrogen-bond acceptors (Lipinski definition) is 5. The molecule has 0 bridgehead atoms. The van der Waals surface area contributed by atoms with Crippen molar-refractivity contribution in [3.63, 3.8) is 0 Å². The minimum atomic E-state index is -1.12. The summed E-state index contributed by atoms with van der Waals surface area (Å²) in [6.45, 7) is 5.99. The number of fused-ring (bicyclic) bond motifs is 5. The third-order valence-electron chi connectivity index (χ3n) is 9.51. The third kappa shape index (κ3) is 2.47. The molecule has 3 N–H and O–H groups in total. The molecule has 0 aliphatic heterocycles. The Hall–Kier alpha value is -0.490. The molecule has 0 heterocycles. The molecular formula is C22H36O5. The van der Waals surface area contributed by atoms with Crippen LogP contribution < -0.4 is 0 Å². The van der Waals surface area contributed by atoms with E-state index in [2.05, 4.69) is 13.8 Å². The Labute approximate surface area is 162 Å². The van der Waals surface area contributed by atoms with Gasteiger partial charge in [0.25, 0.3) is 0 Å². The molecule has 4 rings (SSSR count). The maximum absolute atomic E-state index is 12.3. The van der Waals surface area contributed by atoms with Crippen molar-refractivity contribution >= 4 is 5.78 Å². The molecule has 0 radical (unpaired) electrons. The van der Waals surface area contributed by atoms with Crippen LogP contribution in [0.3, 0.4) is 0 Å². The van der Waals surface area contributed by atoms with E-state index in [0.717, 1.165) is 12.8 Å². The topological polar surface area (TPSA) is 87.0 Å². The zero-order chi connectivity index (χ0) is 19.8. The van der Waals surface area contributed by atoms with Crippen molar-refractivity contribution in [1.82, 2.24) is 0 Å². The Morgan fingerprint density at radius 2 is 1.81 bits per heavy atom. The van der Waals surface area contributed by atoms with Crippen molar-refractivity contribution in [2.24, 2.45) is 34.5 Å². The predicted molar refractivity (Wildman–Crippen MR) is 101 cm³/mol. The zero-order valence-electron chi connectivity index (χ0n) is 17.1. The molecule has 4 fully saturated rings. The first-order valence-electron chi connectivity index (χ1n) is 10.7. The fourth-order valence-corrected chi connectivity index (χ4v) is 8.31. The van der Waals surface area contributed by atoms with E-state index < -0.39 is 23.2 Å². The van der Waals surface area contributed by atoms with Gasteiger partial charge in [-0.2, -0.15) is 0 Å².